The summed E-state index contributed by atoms with van der Waals surface area (Å²) in [5.74, 6) is -0.930. The molecule has 0 bridgehead atoms. The van der Waals surface area contributed by atoms with Gasteiger partial charge in [0, 0.05) is 18.0 Å². The number of hydrogen-bond donors (Lipinski definition) is 1. The highest BCUT2D eigenvalue weighted by Crippen LogP contribution is 2.34. The van der Waals surface area contributed by atoms with Gasteiger partial charge < -0.3 is 5.11 Å². The van der Waals surface area contributed by atoms with Gasteiger partial charge in [-0.15, -0.1) is 0 Å². The highest BCUT2D eigenvalue weighted by molar-refractivity contribution is 5.89. The molecule has 1 aliphatic heterocycles. The molecule has 0 spiro atoms. The summed E-state index contributed by atoms with van der Waals surface area (Å²) in [6.45, 7) is 1.05. The maximum atomic E-state index is 11.1. The van der Waals surface area contributed by atoms with Crippen molar-refractivity contribution in [3.63, 3.8) is 0 Å². The maximum absolute atomic E-state index is 11.1. The molecule has 5 heteroatoms. The molecule has 1 aromatic carbocycles. The summed E-state index contributed by atoms with van der Waals surface area (Å²) < 4.78 is 0. The predicted octanol–water partition coefficient (Wildman–Crippen LogP) is 2.61. The first-order chi connectivity index (χ1) is 10.2. The smallest absolute Gasteiger partial charge is 0.335 e. The SMILES string of the molecule is CN1CCCC1c1nccnc1-c1cccc(C(=O)O)c1. The normalized spacial score (nSPS) is 18.8. The van der Waals surface area contributed by atoms with Crippen LogP contribution in [0, 0.1) is 0 Å². The molecule has 1 aromatic heterocycles. The molecule has 1 saturated heterocycles. The topological polar surface area (TPSA) is 66.3 Å². The molecule has 2 aromatic rings. The first-order valence-electron chi connectivity index (χ1n) is 7.01. The van der Waals surface area contributed by atoms with E-state index in [1.165, 1.54) is 0 Å². The number of rotatable bonds is 3. The van der Waals surface area contributed by atoms with E-state index in [1.807, 2.05) is 6.07 Å². The Kier molecular flexibility index (Phi) is 3.66. The van der Waals surface area contributed by atoms with Crippen LogP contribution in [0.4, 0.5) is 0 Å². The molecule has 1 atom stereocenters. The zero-order valence-corrected chi connectivity index (χ0v) is 11.9. The Bertz CT molecular complexity index is 672. The number of carboxylic acid groups (broad SMARTS) is 1. The van der Waals surface area contributed by atoms with E-state index < -0.39 is 5.97 Å². The summed E-state index contributed by atoms with van der Waals surface area (Å²) >= 11 is 0. The van der Waals surface area contributed by atoms with E-state index >= 15 is 0 Å². The van der Waals surface area contributed by atoms with Crippen LogP contribution >= 0.6 is 0 Å². The lowest BCUT2D eigenvalue weighted by Crippen LogP contribution is -2.19. The second-order valence-corrected chi connectivity index (χ2v) is 5.31. The van der Waals surface area contributed by atoms with E-state index in [0.29, 0.717) is 0 Å². The average molecular weight is 283 g/mol. The van der Waals surface area contributed by atoms with Gasteiger partial charge in [-0.25, -0.2) is 4.79 Å². The Morgan fingerprint density at radius 1 is 1.33 bits per heavy atom. The molecule has 0 aliphatic carbocycles. The Hall–Kier alpha value is -2.27. The standard InChI is InChI=1S/C16H17N3O2/c1-19-9-3-6-13(19)15-14(17-7-8-18-15)11-4-2-5-12(10-11)16(20)21/h2,4-5,7-8,10,13H,3,6,9H2,1H3,(H,20,21). The second-order valence-electron chi connectivity index (χ2n) is 5.31. The van der Waals surface area contributed by atoms with E-state index in [0.717, 1.165) is 36.3 Å². The fourth-order valence-corrected chi connectivity index (χ4v) is 2.87. The van der Waals surface area contributed by atoms with Crippen molar-refractivity contribution < 1.29 is 9.90 Å². The first-order valence-corrected chi connectivity index (χ1v) is 7.01. The largest absolute Gasteiger partial charge is 0.478 e. The van der Waals surface area contributed by atoms with Gasteiger partial charge in [0.25, 0.3) is 0 Å². The molecule has 108 valence electrons. The van der Waals surface area contributed by atoms with Gasteiger partial charge in [-0.1, -0.05) is 12.1 Å². The Balaban J connectivity index is 2.06. The Morgan fingerprint density at radius 2 is 2.14 bits per heavy atom. The molecule has 3 rings (SSSR count). The average Bonchev–Trinajstić information content (AvgIpc) is 2.93. The quantitative estimate of drug-likeness (QED) is 0.938. The summed E-state index contributed by atoms with van der Waals surface area (Å²) in [7, 11) is 2.09. The van der Waals surface area contributed by atoms with E-state index in [-0.39, 0.29) is 11.6 Å². The number of carboxylic acids is 1. The van der Waals surface area contributed by atoms with Gasteiger partial charge in [0.1, 0.15) is 0 Å². The third kappa shape index (κ3) is 2.64. The molecule has 2 heterocycles. The number of aromatic carboxylic acids is 1. The summed E-state index contributed by atoms with van der Waals surface area (Å²) in [4.78, 5) is 22.4. The van der Waals surface area contributed by atoms with Crippen molar-refractivity contribution in [2.75, 3.05) is 13.6 Å². The molecule has 0 saturated carbocycles. The van der Waals surface area contributed by atoms with Crippen LogP contribution in [0.25, 0.3) is 11.3 Å². The number of carbonyl (C=O) groups is 1. The van der Waals surface area contributed by atoms with E-state index in [1.54, 1.807) is 30.6 Å². The Morgan fingerprint density at radius 3 is 2.86 bits per heavy atom. The van der Waals surface area contributed by atoms with Crippen molar-refractivity contribution in [3.8, 4) is 11.3 Å². The zero-order valence-electron chi connectivity index (χ0n) is 11.9. The van der Waals surface area contributed by atoms with Gasteiger partial charge in [-0.3, -0.25) is 14.9 Å². The van der Waals surface area contributed by atoms with Gasteiger partial charge in [-0.05, 0) is 38.6 Å². The number of benzene rings is 1. The second kappa shape index (κ2) is 5.61. The molecule has 0 amide bonds. The molecule has 5 nitrogen and oxygen atoms in total. The summed E-state index contributed by atoms with van der Waals surface area (Å²) in [6, 6.07) is 7.13. The van der Waals surface area contributed by atoms with Crippen molar-refractivity contribution in [2.24, 2.45) is 0 Å². The molecule has 1 unspecified atom stereocenters. The lowest BCUT2D eigenvalue weighted by Gasteiger charge is -2.20. The van der Waals surface area contributed by atoms with Crippen LogP contribution in [0.5, 0.6) is 0 Å². The first kappa shape index (κ1) is 13.7. The third-order valence-corrected chi connectivity index (χ3v) is 3.95. The fraction of sp³-hybridized carbons (Fsp3) is 0.312. The van der Waals surface area contributed by atoms with E-state index in [9.17, 15) is 4.79 Å². The van der Waals surface area contributed by atoms with Crippen LogP contribution in [-0.2, 0) is 0 Å². The third-order valence-electron chi connectivity index (χ3n) is 3.95. The van der Waals surface area contributed by atoms with E-state index in [4.69, 9.17) is 5.11 Å². The van der Waals surface area contributed by atoms with Crippen molar-refractivity contribution in [1.82, 2.24) is 14.9 Å². The molecular weight excluding hydrogens is 266 g/mol. The van der Waals surface area contributed by atoms with E-state index in [2.05, 4.69) is 21.9 Å². The number of aromatic nitrogens is 2. The van der Waals surface area contributed by atoms with Crippen LogP contribution in [-0.4, -0.2) is 39.5 Å². The summed E-state index contributed by atoms with van der Waals surface area (Å²) in [6.07, 6.45) is 5.56. The molecule has 21 heavy (non-hydrogen) atoms. The molecule has 1 N–H and O–H groups in total. The summed E-state index contributed by atoms with van der Waals surface area (Å²) in [5.41, 5.74) is 2.78. The van der Waals surface area contributed by atoms with Gasteiger partial charge in [0.15, 0.2) is 0 Å². The minimum absolute atomic E-state index is 0.252. The maximum Gasteiger partial charge on any atom is 0.335 e. The van der Waals surface area contributed by atoms with Crippen molar-refractivity contribution in [3.05, 3.63) is 47.9 Å². The predicted molar refractivity (Wildman–Crippen MR) is 79.0 cm³/mol. The summed E-state index contributed by atoms with van der Waals surface area (Å²) in [5, 5.41) is 9.13. The van der Waals surface area contributed by atoms with Crippen LogP contribution in [0.1, 0.15) is 34.9 Å². The Labute approximate surface area is 123 Å². The lowest BCUT2D eigenvalue weighted by molar-refractivity contribution is 0.0697. The lowest BCUT2D eigenvalue weighted by atomic mass is 10.0. The molecule has 1 fully saturated rings. The van der Waals surface area contributed by atoms with Crippen LogP contribution < -0.4 is 0 Å². The number of hydrogen-bond acceptors (Lipinski definition) is 4. The van der Waals surface area contributed by atoms with Crippen molar-refractivity contribution >= 4 is 5.97 Å². The molecule has 1 aliphatic rings. The highest BCUT2D eigenvalue weighted by Gasteiger charge is 2.27. The highest BCUT2D eigenvalue weighted by atomic mass is 16.4. The monoisotopic (exact) mass is 283 g/mol. The number of likely N-dealkylation sites (tertiary alicyclic amines) is 1. The molecule has 0 radical (unpaired) electrons. The fourth-order valence-electron chi connectivity index (χ4n) is 2.87. The minimum Gasteiger partial charge on any atom is -0.478 e. The van der Waals surface area contributed by atoms with Gasteiger partial charge in [0.05, 0.1) is 23.0 Å². The van der Waals surface area contributed by atoms with Crippen molar-refractivity contribution in [1.29, 1.82) is 0 Å². The minimum atomic E-state index is -0.930. The van der Waals surface area contributed by atoms with Crippen LogP contribution in [0.2, 0.25) is 0 Å². The van der Waals surface area contributed by atoms with Gasteiger partial charge in [-0.2, -0.15) is 0 Å². The zero-order chi connectivity index (χ0) is 14.8. The molecular formula is C16H17N3O2. The van der Waals surface area contributed by atoms with Gasteiger partial charge in [0.2, 0.25) is 0 Å². The number of nitrogens with zero attached hydrogens (tertiary/aromatic N) is 3. The van der Waals surface area contributed by atoms with Gasteiger partial charge >= 0.3 is 5.97 Å². The van der Waals surface area contributed by atoms with Crippen molar-refractivity contribution in [2.45, 2.75) is 18.9 Å². The van der Waals surface area contributed by atoms with Crippen LogP contribution in [0.15, 0.2) is 36.7 Å². The van der Waals surface area contributed by atoms with Crippen LogP contribution in [0.3, 0.4) is 0 Å².